The minimum atomic E-state index is 1.09. The molecule has 0 amide bonds. The van der Waals surface area contributed by atoms with E-state index in [1.54, 1.807) is 0 Å². The predicted octanol–water partition coefficient (Wildman–Crippen LogP) is 4.94. The fraction of sp³-hybridized carbons (Fsp3) is 0.250. The molecule has 0 bridgehead atoms. The zero-order chi connectivity index (χ0) is 11.8. The van der Waals surface area contributed by atoms with Gasteiger partial charge in [-0.1, -0.05) is 75.4 Å². The van der Waals surface area contributed by atoms with Gasteiger partial charge in [0.25, 0.3) is 0 Å². The second kappa shape index (κ2) is 6.84. The molecule has 0 unspecified atom stereocenters. The van der Waals surface area contributed by atoms with Crippen LogP contribution >= 0.6 is 0 Å². The van der Waals surface area contributed by atoms with Crippen LogP contribution in [0.5, 0.6) is 0 Å². The summed E-state index contributed by atoms with van der Waals surface area (Å²) in [7, 11) is 0. The Morgan fingerprint density at radius 1 is 0.750 bits per heavy atom. The molecule has 0 nitrogen and oxygen atoms in total. The molecule has 16 heavy (non-hydrogen) atoms. The molecule has 0 heterocycles. The van der Waals surface area contributed by atoms with Crippen molar-refractivity contribution in [3.63, 3.8) is 0 Å². The van der Waals surface area contributed by atoms with Crippen LogP contribution in [0, 0.1) is 0 Å². The highest BCUT2D eigenvalue weighted by Crippen LogP contribution is 2.23. The van der Waals surface area contributed by atoms with Crippen molar-refractivity contribution < 1.29 is 0 Å². The van der Waals surface area contributed by atoms with Gasteiger partial charge in [-0.2, -0.15) is 0 Å². The van der Waals surface area contributed by atoms with E-state index in [4.69, 9.17) is 0 Å². The molecular formula is C16H20. The molecule has 0 fully saturated rings. The molecule has 0 aliphatic heterocycles. The van der Waals surface area contributed by atoms with E-state index in [2.05, 4.69) is 61.5 Å². The molecule has 0 N–H and O–H groups in total. The van der Waals surface area contributed by atoms with Crippen LogP contribution in [0.2, 0.25) is 0 Å². The van der Waals surface area contributed by atoms with Gasteiger partial charge in [0.2, 0.25) is 0 Å². The second-order valence-corrected chi connectivity index (χ2v) is 3.38. The molecule has 0 aromatic heterocycles. The number of hydrogen-bond acceptors (Lipinski definition) is 0. The average molecular weight is 212 g/mol. The molecule has 0 radical (unpaired) electrons. The van der Waals surface area contributed by atoms with E-state index in [1.807, 2.05) is 13.8 Å². The lowest BCUT2D eigenvalue weighted by atomic mass is 9.98. The minimum Gasteiger partial charge on any atom is -0.0683 e. The first kappa shape index (κ1) is 12.5. The Labute approximate surface area is 99.0 Å². The van der Waals surface area contributed by atoms with Gasteiger partial charge >= 0.3 is 0 Å². The Morgan fingerprint density at radius 3 is 1.94 bits per heavy atom. The summed E-state index contributed by atoms with van der Waals surface area (Å²) in [5, 5.41) is 0. The van der Waals surface area contributed by atoms with Crippen molar-refractivity contribution in [2.45, 2.75) is 27.2 Å². The monoisotopic (exact) mass is 212 g/mol. The van der Waals surface area contributed by atoms with Crippen molar-refractivity contribution in [3.05, 3.63) is 60.2 Å². The summed E-state index contributed by atoms with van der Waals surface area (Å²) in [4.78, 5) is 0. The first-order valence-corrected chi connectivity index (χ1v) is 6.05. The van der Waals surface area contributed by atoms with Gasteiger partial charge < -0.3 is 0 Å². The van der Waals surface area contributed by atoms with Crippen LogP contribution in [0.3, 0.4) is 0 Å². The summed E-state index contributed by atoms with van der Waals surface area (Å²) >= 11 is 0. The van der Waals surface area contributed by atoms with E-state index < -0.39 is 0 Å². The summed E-state index contributed by atoms with van der Waals surface area (Å²) in [5.74, 6) is 0. The Balaban J connectivity index is 0.000000606. The molecule has 0 saturated carbocycles. The summed E-state index contributed by atoms with van der Waals surface area (Å²) in [6, 6.07) is 19.1. The third-order valence-corrected chi connectivity index (χ3v) is 2.48. The molecule has 2 aromatic carbocycles. The summed E-state index contributed by atoms with van der Waals surface area (Å²) in [6.45, 7) is 6.20. The highest BCUT2D eigenvalue weighted by molar-refractivity contribution is 5.67. The van der Waals surface area contributed by atoms with E-state index in [0.717, 1.165) is 6.42 Å². The maximum atomic E-state index is 2.20. The average Bonchev–Trinajstić information content (AvgIpc) is 2.42. The van der Waals surface area contributed by atoms with Crippen molar-refractivity contribution in [2.24, 2.45) is 0 Å². The van der Waals surface area contributed by atoms with Gasteiger partial charge in [0.05, 0.1) is 0 Å². The molecule has 0 spiro atoms. The van der Waals surface area contributed by atoms with Gasteiger partial charge in [0, 0.05) is 0 Å². The Bertz CT molecular complexity index is 401. The Hall–Kier alpha value is -1.56. The fourth-order valence-corrected chi connectivity index (χ4v) is 1.73. The van der Waals surface area contributed by atoms with E-state index in [1.165, 1.54) is 16.7 Å². The van der Waals surface area contributed by atoms with Crippen LogP contribution in [-0.2, 0) is 6.42 Å². The third kappa shape index (κ3) is 2.96. The Morgan fingerprint density at radius 2 is 1.31 bits per heavy atom. The smallest absolute Gasteiger partial charge is 0.0152 e. The van der Waals surface area contributed by atoms with Crippen LogP contribution in [0.25, 0.3) is 11.1 Å². The van der Waals surface area contributed by atoms with Crippen molar-refractivity contribution in [3.8, 4) is 11.1 Å². The van der Waals surface area contributed by atoms with E-state index >= 15 is 0 Å². The molecule has 2 rings (SSSR count). The van der Waals surface area contributed by atoms with Crippen LogP contribution in [-0.4, -0.2) is 0 Å². The zero-order valence-electron chi connectivity index (χ0n) is 10.4. The highest BCUT2D eigenvalue weighted by atomic mass is 14.0. The first-order chi connectivity index (χ1) is 7.92. The molecule has 0 saturated heterocycles. The van der Waals surface area contributed by atoms with Crippen LogP contribution in [0.4, 0.5) is 0 Å². The fourth-order valence-electron chi connectivity index (χ4n) is 1.73. The van der Waals surface area contributed by atoms with Gasteiger partial charge in [-0.25, -0.2) is 0 Å². The maximum absolute atomic E-state index is 2.20. The van der Waals surface area contributed by atoms with Crippen molar-refractivity contribution >= 4 is 0 Å². The summed E-state index contributed by atoms with van der Waals surface area (Å²) in [5.41, 5.74) is 4.08. The standard InChI is InChI=1S/C14H14.C2H6/c1-2-12-8-6-7-11-14(12)13-9-4-3-5-10-13;1-2/h3-11H,2H2,1H3;1-2H3. The number of hydrogen-bond donors (Lipinski definition) is 0. The number of benzene rings is 2. The van der Waals surface area contributed by atoms with Gasteiger partial charge in [-0.3, -0.25) is 0 Å². The largest absolute Gasteiger partial charge is 0.0683 e. The van der Waals surface area contributed by atoms with Crippen molar-refractivity contribution in [1.29, 1.82) is 0 Å². The van der Waals surface area contributed by atoms with Gasteiger partial charge in [0.15, 0.2) is 0 Å². The molecule has 0 aliphatic rings. The van der Waals surface area contributed by atoms with Crippen molar-refractivity contribution in [2.75, 3.05) is 0 Å². The predicted molar refractivity (Wildman–Crippen MR) is 72.6 cm³/mol. The van der Waals surface area contributed by atoms with Crippen LogP contribution in [0.1, 0.15) is 26.3 Å². The zero-order valence-corrected chi connectivity index (χ0v) is 10.4. The SMILES string of the molecule is CC.CCc1ccccc1-c1ccccc1. The lowest BCUT2D eigenvalue weighted by Gasteiger charge is -2.06. The number of rotatable bonds is 2. The second-order valence-electron chi connectivity index (χ2n) is 3.38. The quantitative estimate of drug-likeness (QED) is 0.661. The molecule has 0 heteroatoms. The third-order valence-electron chi connectivity index (χ3n) is 2.48. The van der Waals surface area contributed by atoms with Crippen LogP contribution < -0.4 is 0 Å². The topological polar surface area (TPSA) is 0 Å². The molecule has 2 aromatic rings. The van der Waals surface area contributed by atoms with Crippen molar-refractivity contribution in [1.82, 2.24) is 0 Å². The van der Waals surface area contributed by atoms with Gasteiger partial charge in [-0.05, 0) is 23.1 Å². The molecule has 84 valence electrons. The highest BCUT2D eigenvalue weighted by Gasteiger charge is 2.00. The molecule has 0 atom stereocenters. The summed E-state index contributed by atoms with van der Waals surface area (Å²) < 4.78 is 0. The lowest BCUT2D eigenvalue weighted by Crippen LogP contribution is -1.85. The molecular weight excluding hydrogens is 192 g/mol. The van der Waals surface area contributed by atoms with E-state index in [9.17, 15) is 0 Å². The maximum Gasteiger partial charge on any atom is -0.0152 e. The van der Waals surface area contributed by atoms with E-state index in [-0.39, 0.29) is 0 Å². The van der Waals surface area contributed by atoms with Gasteiger partial charge in [-0.15, -0.1) is 0 Å². The summed E-state index contributed by atoms with van der Waals surface area (Å²) in [6.07, 6.45) is 1.09. The molecule has 0 aliphatic carbocycles. The number of aryl methyl sites for hydroxylation is 1. The van der Waals surface area contributed by atoms with Crippen LogP contribution in [0.15, 0.2) is 54.6 Å². The Kier molecular flexibility index (Phi) is 5.35. The normalized spacial score (nSPS) is 9.19. The minimum absolute atomic E-state index is 1.09. The first-order valence-electron chi connectivity index (χ1n) is 6.05. The lowest BCUT2D eigenvalue weighted by molar-refractivity contribution is 1.14. The van der Waals surface area contributed by atoms with Gasteiger partial charge in [0.1, 0.15) is 0 Å². The van der Waals surface area contributed by atoms with E-state index in [0.29, 0.717) is 0 Å².